The predicted molar refractivity (Wildman–Crippen MR) is 84.8 cm³/mol. The molecular formula is C15H18F3N5OS. The van der Waals surface area contributed by atoms with Gasteiger partial charge in [-0.05, 0) is 31.7 Å². The van der Waals surface area contributed by atoms with Gasteiger partial charge in [0.25, 0.3) is 0 Å². The smallest absolute Gasteiger partial charge is 0.259 e. The first kappa shape index (κ1) is 18.0. The van der Waals surface area contributed by atoms with Crippen LogP contribution in [0, 0.1) is 12.8 Å². The van der Waals surface area contributed by atoms with Crippen molar-refractivity contribution >= 4 is 10.8 Å². The van der Waals surface area contributed by atoms with Crippen LogP contribution in [0.15, 0.2) is 6.07 Å². The van der Waals surface area contributed by atoms with Gasteiger partial charge in [-0.2, -0.15) is 13.2 Å². The summed E-state index contributed by atoms with van der Waals surface area (Å²) in [6, 6.07) is 1.72. The van der Waals surface area contributed by atoms with Gasteiger partial charge in [-0.15, -0.1) is 5.10 Å². The summed E-state index contributed by atoms with van der Waals surface area (Å²) in [4.78, 5) is 8.77. The van der Waals surface area contributed by atoms with Gasteiger partial charge in [0.2, 0.25) is 0 Å². The van der Waals surface area contributed by atoms with Crippen LogP contribution in [0.2, 0.25) is 0 Å². The van der Waals surface area contributed by atoms with E-state index in [2.05, 4.69) is 20.3 Å². The molecule has 2 aromatic heterocycles. The molecule has 1 saturated carbocycles. The average molecular weight is 373 g/mol. The Morgan fingerprint density at radius 1 is 1.28 bits per heavy atom. The summed E-state index contributed by atoms with van der Waals surface area (Å²) in [7, 11) is -0.407. The average Bonchev–Trinajstić information content (AvgIpc) is 3.18. The van der Waals surface area contributed by atoms with Crippen molar-refractivity contribution in [3.63, 3.8) is 0 Å². The normalized spacial score (nSPS) is 16.2. The van der Waals surface area contributed by atoms with Crippen molar-refractivity contribution in [2.45, 2.75) is 43.9 Å². The number of rotatable bonds is 6. The van der Waals surface area contributed by atoms with Crippen LogP contribution in [-0.2, 0) is 42.0 Å². The molecule has 2 heterocycles. The summed E-state index contributed by atoms with van der Waals surface area (Å²) < 4.78 is 52.1. The zero-order valence-corrected chi connectivity index (χ0v) is 14.7. The van der Waals surface area contributed by atoms with Crippen molar-refractivity contribution in [1.29, 1.82) is 0 Å². The molecule has 1 fully saturated rings. The Morgan fingerprint density at radius 3 is 2.64 bits per heavy atom. The van der Waals surface area contributed by atoms with E-state index in [4.69, 9.17) is 0 Å². The fourth-order valence-electron chi connectivity index (χ4n) is 2.66. The highest BCUT2D eigenvalue weighted by Crippen LogP contribution is 2.32. The maximum absolute atomic E-state index is 13.0. The number of alkyl halides is 3. The Kier molecular flexibility index (Phi) is 4.90. The van der Waals surface area contributed by atoms with E-state index in [9.17, 15) is 17.4 Å². The molecule has 0 N–H and O–H groups in total. The van der Waals surface area contributed by atoms with Gasteiger partial charge < -0.3 is 0 Å². The molecule has 0 spiro atoms. The van der Waals surface area contributed by atoms with E-state index in [1.165, 1.54) is 19.9 Å². The number of aromatic nitrogens is 5. The van der Waals surface area contributed by atoms with Crippen molar-refractivity contribution in [3.8, 4) is 0 Å². The second-order valence-corrected chi connectivity index (χ2v) is 7.76. The predicted octanol–water partition coefficient (Wildman–Crippen LogP) is 2.33. The quantitative estimate of drug-likeness (QED) is 0.777. The first-order valence-corrected chi connectivity index (χ1v) is 9.35. The summed E-state index contributed by atoms with van der Waals surface area (Å²) in [6.45, 7) is 1.83. The standard InChI is InChI=1S/C15H18F3N5OS/c1-9-5-11(20-13(19-9)6-10-3-4-10)7-25(24)8-12-14(15(16,17)18)23(2)22-21-12/h5,10H,3-4,6-8H2,1-2H3. The highest BCUT2D eigenvalue weighted by Gasteiger charge is 2.38. The minimum absolute atomic E-state index is 0.0644. The van der Waals surface area contributed by atoms with Crippen molar-refractivity contribution in [2.75, 3.05) is 0 Å². The topological polar surface area (TPSA) is 73.6 Å². The number of hydrogen-bond donors (Lipinski definition) is 0. The Morgan fingerprint density at radius 2 is 2.00 bits per heavy atom. The van der Waals surface area contributed by atoms with Crippen LogP contribution in [-0.4, -0.2) is 29.2 Å². The van der Waals surface area contributed by atoms with Gasteiger partial charge in [0.05, 0.1) is 17.2 Å². The van der Waals surface area contributed by atoms with Gasteiger partial charge in [0.15, 0.2) is 5.69 Å². The van der Waals surface area contributed by atoms with E-state index < -0.39 is 22.7 Å². The van der Waals surface area contributed by atoms with E-state index in [-0.39, 0.29) is 17.2 Å². The summed E-state index contributed by atoms with van der Waals surface area (Å²) in [6.07, 6.45) is -1.44. The fraction of sp³-hybridized carbons (Fsp3) is 0.600. The van der Waals surface area contributed by atoms with Crippen LogP contribution in [0.5, 0.6) is 0 Å². The molecule has 3 rings (SSSR count). The van der Waals surface area contributed by atoms with Gasteiger partial charge in [-0.25, -0.2) is 14.6 Å². The Bertz CT molecular complexity index is 801. The molecule has 0 amide bonds. The molecule has 0 aliphatic heterocycles. The monoisotopic (exact) mass is 373 g/mol. The molecule has 1 atom stereocenters. The van der Waals surface area contributed by atoms with Gasteiger partial charge in [0.1, 0.15) is 11.5 Å². The Balaban J connectivity index is 1.72. The van der Waals surface area contributed by atoms with Crippen molar-refractivity contribution < 1.29 is 17.4 Å². The second kappa shape index (κ2) is 6.81. The molecule has 2 aromatic rings. The van der Waals surface area contributed by atoms with E-state index in [1.807, 2.05) is 6.92 Å². The van der Waals surface area contributed by atoms with Crippen molar-refractivity contribution in [2.24, 2.45) is 13.0 Å². The molecule has 0 bridgehead atoms. The van der Waals surface area contributed by atoms with E-state index in [0.717, 1.165) is 12.1 Å². The number of halogens is 3. The van der Waals surface area contributed by atoms with Crippen LogP contribution in [0.4, 0.5) is 13.2 Å². The minimum Gasteiger partial charge on any atom is -0.259 e. The van der Waals surface area contributed by atoms with E-state index in [1.54, 1.807) is 6.07 Å². The summed E-state index contributed by atoms with van der Waals surface area (Å²) in [5.74, 6) is 1.08. The summed E-state index contributed by atoms with van der Waals surface area (Å²) in [5.41, 5.74) is 0.0820. The molecular weight excluding hydrogens is 355 g/mol. The first-order chi connectivity index (χ1) is 11.7. The van der Waals surface area contributed by atoms with Gasteiger partial charge in [-0.3, -0.25) is 4.21 Å². The number of hydrogen-bond acceptors (Lipinski definition) is 5. The van der Waals surface area contributed by atoms with Crippen molar-refractivity contribution in [1.82, 2.24) is 25.0 Å². The molecule has 6 nitrogen and oxygen atoms in total. The lowest BCUT2D eigenvalue weighted by Crippen LogP contribution is -2.15. The number of aryl methyl sites for hydroxylation is 2. The molecule has 0 saturated heterocycles. The van der Waals surface area contributed by atoms with Crippen LogP contribution >= 0.6 is 0 Å². The summed E-state index contributed by atoms with van der Waals surface area (Å²) in [5, 5.41) is 6.91. The molecule has 136 valence electrons. The van der Waals surface area contributed by atoms with Crippen molar-refractivity contribution in [3.05, 3.63) is 34.7 Å². The maximum Gasteiger partial charge on any atom is 0.434 e. The van der Waals surface area contributed by atoms with Gasteiger partial charge in [0, 0.05) is 30.0 Å². The molecule has 0 radical (unpaired) electrons. The lowest BCUT2D eigenvalue weighted by Gasteiger charge is -2.09. The molecule has 10 heteroatoms. The Hall–Kier alpha value is -1.84. The molecule has 0 aromatic carbocycles. The van der Waals surface area contributed by atoms with Gasteiger partial charge in [-0.1, -0.05) is 5.21 Å². The third kappa shape index (κ3) is 4.62. The molecule has 1 aliphatic rings. The first-order valence-electron chi connectivity index (χ1n) is 7.86. The molecule has 25 heavy (non-hydrogen) atoms. The highest BCUT2D eigenvalue weighted by molar-refractivity contribution is 7.83. The van der Waals surface area contributed by atoms with Crippen LogP contribution in [0.1, 0.15) is 41.4 Å². The van der Waals surface area contributed by atoms with Crippen LogP contribution in [0.3, 0.4) is 0 Å². The van der Waals surface area contributed by atoms with E-state index >= 15 is 0 Å². The Labute approximate surface area is 145 Å². The lowest BCUT2D eigenvalue weighted by molar-refractivity contribution is -0.144. The third-order valence-electron chi connectivity index (χ3n) is 3.89. The fourth-order valence-corrected chi connectivity index (χ4v) is 3.74. The summed E-state index contributed by atoms with van der Waals surface area (Å²) >= 11 is 0. The van der Waals surface area contributed by atoms with Gasteiger partial charge >= 0.3 is 6.18 Å². The highest BCUT2D eigenvalue weighted by atomic mass is 32.2. The SMILES string of the molecule is Cc1cc(CS(=O)Cc2nnn(C)c2C(F)(F)F)nc(CC2CC2)n1. The number of nitrogens with zero attached hydrogens (tertiary/aromatic N) is 5. The molecule has 1 unspecified atom stereocenters. The zero-order valence-electron chi connectivity index (χ0n) is 13.9. The van der Waals surface area contributed by atoms with E-state index in [0.29, 0.717) is 22.1 Å². The van der Waals surface area contributed by atoms with Crippen LogP contribution in [0.25, 0.3) is 0 Å². The maximum atomic E-state index is 13.0. The lowest BCUT2D eigenvalue weighted by atomic mass is 10.2. The largest absolute Gasteiger partial charge is 0.434 e. The second-order valence-electron chi connectivity index (χ2n) is 6.30. The minimum atomic E-state index is -4.58. The molecule has 1 aliphatic carbocycles. The zero-order chi connectivity index (χ0) is 18.2. The third-order valence-corrected chi connectivity index (χ3v) is 5.11. The van der Waals surface area contributed by atoms with Crippen LogP contribution < -0.4 is 0 Å².